The van der Waals surface area contributed by atoms with Gasteiger partial charge in [0.05, 0.1) is 51.5 Å². The fourth-order valence-electron chi connectivity index (χ4n) is 6.41. The fourth-order valence-corrected chi connectivity index (χ4v) is 8.48. The number of hydrogen-bond donors (Lipinski definition) is 3. The molecule has 228 valence electrons. The predicted molar refractivity (Wildman–Crippen MR) is 162 cm³/mol. The molecule has 1 saturated heterocycles. The number of ether oxygens (including phenoxy) is 1. The number of piperidine rings is 1. The Kier molecular flexibility index (Phi) is 8.27. The molecule has 3 aliphatic carbocycles. The predicted octanol–water partition coefficient (Wildman–Crippen LogP) is 5.19. The first-order chi connectivity index (χ1) is 20.5. The lowest BCUT2D eigenvalue weighted by atomic mass is 9.99. The number of rotatable bonds is 10. The van der Waals surface area contributed by atoms with Crippen molar-refractivity contribution >= 4 is 56.4 Å². The zero-order valence-electron chi connectivity index (χ0n) is 23.3. The number of halogens is 2. The number of allylic oxidation sites excluding steroid dienone is 1. The number of aromatic nitrogens is 1. The number of nitrogens with zero attached hydrogens (tertiary/aromatic N) is 2. The largest absolute Gasteiger partial charge is 0.512 e. The molecular formula is C30H32Cl2N4O6S. The summed E-state index contributed by atoms with van der Waals surface area (Å²) in [4.78, 5) is 31.8. The first kappa shape index (κ1) is 30.1. The third-order valence-electron chi connectivity index (χ3n) is 8.86. The zero-order valence-corrected chi connectivity index (χ0v) is 25.6. The molecule has 3 saturated carbocycles. The van der Waals surface area contributed by atoms with Crippen molar-refractivity contribution in [1.29, 1.82) is 5.41 Å². The van der Waals surface area contributed by atoms with Crippen LogP contribution in [0.5, 0.6) is 0 Å². The molecule has 2 heterocycles. The molecule has 13 heteroatoms. The molecule has 4 fully saturated rings. The topological polar surface area (TPSA) is 150 Å². The van der Waals surface area contributed by atoms with Crippen LogP contribution in [-0.4, -0.2) is 60.0 Å². The van der Waals surface area contributed by atoms with Crippen LogP contribution < -0.4 is 9.62 Å². The lowest BCUT2D eigenvalue weighted by molar-refractivity contribution is -0.125. The van der Waals surface area contributed by atoms with Gasteiger partial charge in [0, 0.05) is 23.1 Å². The molecule has 2 amide bonds. The van der Waals surface area contributed by atoms with Crippen molar-refractivity contribution in [3.63, 3.8) is 0 Å². The van der Waals surface area contributed by atoms with Gasteiger partial charge >= 0.3 is 0 Å². The summed E-state index contributed by atoms with van der Waals surface area (Å²) in [5.74, 6) is -1.26. The van der Waals surface area contributed by atoms with Crippen molar-refractivity contribution in [2.75, 3.05) is 11.5 Å². The van der Waals surface area contributed by atoms with E-state index in [2.05, 4.69) is 9.71 Å². The summed E-state index contributed by atoms with van der Waals surface area (Å²) < 4.78 is 33.3. The number of fused-ring (bicyclic) bond motifs is 2. The first-order valence-electron chi connectivity index (χ1n) is 14.5. The fraction of sp³-hybridized carbons (Fsp3) is 0.467. The van der Waals surface area contributed by atoms with Crippen LogP contribution in [0, 0.1) is 17.2 Å². The molecule has 43 heavy (non-hydrogen) atoms. The van der Waals surface area contributed by atoms with E-state index in [4.69, 9.17) is 33.3 Å². The molecule has 6 rings (SSSR count). The Hall–Kier alpha value is -2.99. The highest BCUT2D eigenvalue weighted by atomic mass is 35.5. The average molecular weight is 648 g/mol. The summed E-state index contributed by atoms with van der Waals surface area (Å²) >= 11 is 12.7. The Labute approximate surface area is 260 Å². The molecule has 3 atom stereocenters. The first-order valence-corrected chi connectivity index (χ1v) is 16.8. The van der Waals surface area contributed by atoms with E-state index >= 15 is 0 Å². The van der Waals surface area contributed by atoms with Crippen molar-refractivity contribution in [3.05, 3.63) is 69.2 Å². The SMILES string of the molecule is N=C(/C(CO[C@@H]1C[C@@H]2C[C@H]1C(=O)N2c1ccc(C(=O)NS(=O)(=O)C2CCCC2)nc1)=C(\O)C1CC1)c1c(Cl)cccc1Cl. The number of carbonyl (C=O) groups excluding carboxylic acids is 2. The Morgan fingerprint density at radius 1 is 1.09 bits per heavy atom. The van der Waals surface area contributed by atoms with E-state index in [0.29, 0.717) is 52.6 Å². The van der Waals surface area contributed by atoms with Gasteiger partial charge in [0.25, 0.3) is 5.91 Å². The van der Waals surface area contributed by atoms with E-state index in [-0.39, 0.29) is 41.6 Å². The van der Waals surface area contributed by atoms with Gasteiger partial charge in [-0.25, -0.2) is 18.1 Å². The number of aliphatic hydroxyl groups is 1. The maximum atomic E-state index is 13.4. The zero-order chi connectivity index (χ0) is 30.5. The Balaban J connectivity index is 1.11. The van der Waals surface area contributed by atoms with Crippen LogP contribution in [0.25, 0.3) is 0 Å². The maximum Gasteiger partial charge on any atom is 0.283 e. The van der Waals surface area contributed by atoms with Crippen LogP contribution in [0.2, 0.25) is 10.0 Å². The van der Waals surface area contributed by atoms with Gasteiger partial charge in [-0.05, 0) is 62.8 Å². The van der Waals surface area contributed by atoms with Crippen LogP contribution in [0.3, 0.4) is 0 Å². The molecule has 1 aromatic carbocycles. The molecular weight excluding hydrogens is 615 g/mol. The van der Waals surface area contributed by atoms with Gasteiger partial charge < -0.3 is 14.7 Å². The van der Waals surface area contributed by atoms with Crippen molar-refractivity contribution in [2.45, 2.75) is 68.8 Å². The van der Waals surface area contributed by atoms with Gasteiger partial charge in [-0.15, -0.1) is 0 Å². The van der Waals surface area contributed by atoms with Gasteiger partial charge in [-0.3, -0.25) is 15.0 Å². The lowest BCUT2D eigenvalue weighted by Gasteiger charge is -2.31. The number of carbonyl (C=O) groups is 2. The molecule has 2 bridgehead atoms. The van der Waals surface area contributed by atoms with Crippen molar-refractivity contribution in [3.8, 4) is 0 Å². The lowest BCUT2D eigenvalue weighted by Crippen LogP contribution is -2.43. The maximum absolute atomic E-state index is 13.4. The molecule has 1 aromatic heterocycles. The number of sulfonamides is 1. The number of nitrogens with one attached hydrogen (secondary N) is 2. The standard InChI is InChI=1S/C30H32Cl2N4O6S/c31-22-6-3-7-23(32)26(22)27(33)21(28(37)16-8-9-16)15-42-25-13-18-12-20(25)30(39)36(18)17-10-11-24(34-14-17)29(38)35-43(40,41)19-4-1-2-5-19/h3,6-7,10-11,14,16,18-20,25,33,37H,1-2,4-5,8-9,12-13,15H2,(H,35,38)/b28-21-,33-27?/t18-,20+,25+/m0/s1. The normalized spacial score (nSPS) is 24.4. The molecule has 0 spiro atoms. The quantitative estimate of drug-likeness (QED) is 0.237. The Bertz CT molecular complexity index is 1580. The number of hydrogen-bond acceptors (Lipinski definition) is 8. The number of pyridine rings is 1. The van der Waals surface area contributed by atoms with Gasteiger partial charge in [0.2, 0.25) is 15.9 Å². The minimum Gasteiger partial charge on any atom is -0.512 e. The number of aliphatic hydroxyl groups excluding tert-OH is 1. The summed E-state index contributed by atoms with van der Waals surface area (Å²) in [6.07, 6.45) is 6.52. The monoisotopic (exact) mass is 646 g/mol. The van der Waals surface area contributed by atoms with Crippen molar-refractivity contribution < 1.29 is 27.9 Å². The number of amides is 2. The van der Waals surface area contributed by atoms with Gasteiger partial charge in [0.1, 0.15) is 11.5 Å². The number of benzene rings is 1. The molecule has 4 aliphatic rings. The van der Waals surface area contributed by atoms with E-state index < -0.39 is 33.2 Å². The minimum absolute atomic E-state index is 0.00218. The average Bonchev–Trinajstić information content (AvgIpc) is 3.35. The highest BCUT2D eigenvalue weighted by Crippen LogP contribution is 2.44. The van der Waals surface area contributed by atoms with Crippen LogP contribution in [0.4, 0.5) is 5.69 Å². The van der Waals surface area contributed by atoms with Gasteiger partial charge in [-0.2, -0.15) is 0 Å². The highest BCUT2D eigenvalue weighted by Gasteiger charge is 2.52. The summed E-state index contributed by atoms with van der Waals surface area (Å²) in [7, 11) is -3.76. The van der Waals surface area contributed by atoms with Gasteiger partial charge in [-0.1, -0.05) is 42.1 Å². The van der Waals surface area contributed by atoms with Crippen molar-refractivity contribution in [1.82, 2.24) is 9.71 Å². The second-order valence-electron chi connectivity index (χ2n) is 11.7. The van der Waals surface area contributed by atoms with E-state index in [0.717, 1.165) is 25.7 Å². The third kappa shape index (κ3) is 5.92. The van der Waals surface area contributed by atoms with Crippen LogP contribution >= 0.6 is 23.2 Å². The van der Waals surface area contributed by atoms with Crippen LogP contribution in [0.15, 0.2) is 47.9 Å². The summed E-state index contributed by atoms with van der Waals surface area (Å²) in [6, 6.07) is 7.84. The van der Waals surface area contributed by atoms with E-state index in [9.17, 15) is 23.1 Å². The van der Waals surface area contributed by atoms with E-state index in [1.54, 1.807) is 29.2 Å². The second-order valence-corrected chi connectivity index (χ2v) is 14.5. The summed E-state index contributed by atoms with van der Waals surface area (Å²) in [6.45, 7) is -0.0565. The van der Waals surface area contributed by atoms with Crippen molar-refractivity contribution in [2.24, 2.45) is 11.8 Å². The molecule has 0 unspecified atom stereocenters. The third-order valence-corrected chi connectivity index (χ3v) is 11.3. The van der Waals surface area contributed by atoms with Crippen LogP contribution in [-0.2, 0) is 19.6 Å². The molecule has 3 N–H and O–H groups in total. The van der Waals surface area contributed by atoms with E-state index in [1.165, 1.54) is 12.3 Å². The summed E-state index contributed by atoms with van der Waals surface area (Å²) in [5.41, 5.74) is 1.12. The Morgan fingerprint density at radius 3 is 2.40 bits per heavy atom. The molecule has 2 aromatic rings. The van der Waals surface area contributed by atoms with E-state index in [1.807, 2.05) is 0 Å². The number of anilines is 1. The van der Waals surface area contributed by atoms with Crippen LogP contribution in [0.1, 0.15) is 67.4 Å². The summed E-state index contributed by atoms with van der Waals surface area (Å²) in [5, 5.41) is 19.8. The van der Waals surface area contributed by atoms with Gasteiger partial charge in [0.15, 0.2) is 0 Å². The molecule has 1 aliphatic heterocycles. The highest BCUT2D eigenvalue weighted by molar-refractivity contribution is 7.90. The minimum atomic E-state index is -3.76. The molecule has 10 nitrogen and oxygen atoms in total. The molecule has 0 radical (unpaired) electrons. The Morgan fingerprint density at radius 2 is 1.79 bits per heavy atom. The smallest absolute Gasteiger partial charge is 0.283 e. The second kappa shape index (κ2) is 11.8.